The van der Waals surface area contributed by atoms with E-state index >= 15 is 0 Å². The van der Waals surface area contributed by atoms with Crippen LogP contribution in [0.25, 0.3) is 0 Å². The SMILES string of the molecule is O=c1c(Br)cccn1CCc1ccc([N+](=O)[O-])cc1. The zero-order valence-corrected chi connectivity index (χ0v) is 11.5. The molecule has 6 heteroatoms. The normalized spacial score (nSPS) is 10.4. The number of rotatable bonds is 4. The van der Waals surface area contributed by atoms with Crippen molar-refractivity contribution in [2.45, 2.75) is 13.0 Å². The van der Waals surface area contributed by atoms with Gasteiger partial charge < -0.3 is 4.57 Å². The smallest absolute Gasteiger partial charge is 0.269 e. The number of benzene rings is 1. The van der Waals surface area contributed by atoms with Crippen molar-refractivity contribution in [2.75, 3.05) is 0 Å². The van der Waals surface area contributed by atoms with Gasteiger partial charge in [0.2, 0.25) is 0 Å². The Bertz CT molecular complexity index is 650. The maximum absolute atomic E-state index is 11.8. The highest BCUT2D eigenvalue weighted by Crippen LogP contribution is 2.12. The van der Waals surface area contributed by atoms with Gasteiger partial charge in [0.05, 0.1) is 9.40 Å². The highest BCUT2D eigenvalue weighted by atomic mass is 79.9. The van der Waals surface area contributed by atoms with Crippen molar-refractivity contribution in [3.63, 3.8) is 0 Å². The van der Waals surface area contributed by atoms with E-state index in [0.717, 1.165) is 5.56 Å². The van der Waals surface area contributed by atoms with Crippen molar-refractivity contribution in [3.05, 3.63) is 73.1 Å². The summed E-state index contributed by atoms with van der Waals surface area (Å²) in [5.41, 5.74) is 0.949. The highest BCUT2D eigenvalue weighted by Gasteiger charge is 2.04. The Morgan fingerprint density at radius 2 is 1.89 bits per heavy atom. The first-order chi connectivity index (χ1) is 9.08. The summed E-state index contributed by atoms with van der Waals surface area (Å²) < 4.78 is 2.13. The number of hydrogen-bond acceptors (Lipinski definition) is 3. The summed E-state index contributed by atoms with van der Waals surface area (Å²) in [6, 6.07) is 9.85. The highest BCUT2D eigenvalue weighted by molar-refractivity contribution is 9.10. The number of pyridine rings is 1. The fourth-order valence-corrected chi connectivity index (χ4v) is 2.10. The van der Waals surface area contributed by atoms with Crippen LogP contribution < -0.4 is 5.56 Å². The van der Waals surface area contributed by atoms with Gasteiger partial charge in [-0.2, -0.15) is 0 Å². The van der Waals surface area contributed by atoms with Crippen molar-refractivity contribution in [1.29, 1.82) is 0 Å². The molecule has 0 bridgehead atoms. The third kappa shape index (κ3) is 3.29. The maximum atomic E-state index is 11.8. The van der Waals surface area contributed by atoms with Crippen molar-refractivity contribution in [2.24, 2.45) is 0 Å². The number of non-ortho nitro benzene ring substituents is 1. The number of nitro groups is 1. The first-order valence-corrected chi connectivity index (χ1v) is 6.45. The standard InChI is InChI=1S/C13H11BrN2O3/c14-12-2-1-8-15(13(12)17)9-7-10-3-5-11(6-4-10)16(18)19/h1-6,8H,7,9H2. The van der Waals surface area contributed by atoms with Gasteiger partial charge in [0.1, 0.15) is 0 Å². The minimum Gasteiger partial charge on any atom is -0.314 e. The van der Waals surface area contributed by atoms with E-state index in [-0.39, 0.29) is 11.2 Å². The predicted octanol–water partition coefficient (Wildman–Crippen LogP) is 2.76. The topological polar surface area (TPSA) is 65.1 Å². The Morgan fingerprint density at radius 3 is 2.53 bits per heavy atom. The number of nitrogens with zero attached hydrogens (tertiary/aromatic N) is 2. The van der Waals surface area contributed by atoms with Crippen LogP contribution in [0.1, 0.15) is 5.56 Å². The second kappa shape index (κ2) is 5.79. The number of hydrogen-bond donors (Lipinski definition) is 0. The van der Waals surface area contributed by atoms with E-state index in [0.29, 0.717) is 17.4 Å². The fraction of sp³-hybridized carbons (Fsp3) is 0.154. The maximum Gasteiger partial charge on any atom is 0.269 e. The van der Waals surface area contributed by atoms with Crippen LogP contribution in [0, 0.1) is 10.1 Å². The molecule has 0 saturated carbocycles. The van der Waals surface area contributed by atoms with Crippen LogP contribution in [-0.4, -0.2) is 9.49 Å². The number of aryl methyl sites for hydroxylation is 2. The summed E-state index contributed by atoms with van der Waals surface area (Å²) in [7, 11) is 0. The zero-order valence-electron chi connectivity index (χ0n) is 9.95. The first kappa shape index (κ1) is 13.5. The average Bonchev–Trinajstić information content (AvgIpc) is 2.41. The molecule has 0 aliphatic rings. The Balaban J connectivity index is 2.08. The van der Waals surface area contributed by atoms with Gasteiger partial charge >= 0.3 is 0 Å². The third-order valence-corrected chi connectivity index (χ3v) is 3.37. The lowest BCUT2D eigenvalue weighted by atomic mass is 10.1. The van der Waals surface area contributed by atoms with E-state index in [1.165, 1.54) is 12.1 Å². The molecule has 1 heterocycles. The summed E-state index contributed by atoms with van der Waals surface area (Å²) >= 11 is 3.19. The van der Waals surface area contributed by atoms with Crippen LogP contribution in [0.2, 0.25) is 0 Å². The van der Waals surface area contributed by atoms with E-state index in [1.807, 2.05) is 0 Å². The summed E-state index contributed by atoms with van der Waals surface area (Å²) in [5.74, 6) is 0. The molecule has 1 aromatic carbocycles. The Morgan fingerprint density at radius 1 is 1.21 bits per heavy atom. The lowest BCUT2D eigenvalue weighted by molar-refractivity contribution is -0.384. The average molecular weight is 323 g/mol. The molecule has 0 saturated heterocycles. The third-order valence-electron chi connectivity index (χ3n) is 2.76. The van der Waals surface area contributed by atoms with Crippen LogP contribution in [0.4, 0.5) is 5.69 Å². The van der Waals surface area contributed by atoms with Gasteiger partial charge in [-0.1, -0.05) is 12.1 Å². The van der Waals surface area contributed by atoms with Crippen LogP contribution in [-0.2, 0) is 13.0 Å². The molecular weight excluding hydrogens is 312 g/mol. The van der Waals surface area contributed by atoms with Crippen LogP contribution >= 0.6 is 15.9 Å². The second-order valence-corrected chi connectivity index (χ2v) is 4.88. The molecule has 1 aromatic heterocycles. The Labute approximate surface area is 117 Å². The van der Waals surface area contributed by atoms with E-state index in [4.69, 9.17) is 0 Å². The van der Waals surface area contributed by atoms with Crippen molar-refractivity contribution < 1.29 is 4.92 Å². The van der Waals surface area contributed by atoms with Gasteiger partial charge in [0, 0.05) is 24.9 Å². The minimum absolute atomic E-state index is 0.0726. The molecule has 2 aromatic rings. The molecular formula is C13H11BrN2O3. The molecule has 5 nitrogen and oxygen atoms in total. The zero-order chi connectivity index (χ0) is 13.8. The monoisotopic (exact) mass is 322 g/mol. The van der Waals surface area contributed by atoms with Gasteiger partial charge in [-0.25, -0.2) is 0 Å². The van der Waals surface area contributed by atoms with E-state index < -0.39 is 4.92 Å². The molecule has 0 unspecified atom stereocenters. The Hall–Kier alpha value is -1.95. The van der Waals surface area contributed by atoms with E-state index in [1.54, 1.807) is 35.0 Å². The number of halogens is 1. The molecule has 0 spiro atoms. The van der Waals surface area contributed by atoms with Crippen LogP contribution in [0.3, 0.4) is 0 Å². The molecule has 0 N–H and O–H groups in total. The van der Waals surface area contributed by atoms with Gasteiger partial charge in [-0.15, -0.1) is 0 Å². The molecule has 0 atom stereocenters. The first-order valence-electron chi connectivity index (χ1n) is 5.66. The van der Waals surface area contributed by atoms with Crippen molar-refractivity contribution >= 4 is 21.6 Å². The second-order valence-electron chi connectivity index (χ2n) is 4.03. The lowest BCUT2D eigenvalue weighted by Gasteiger charge is -2.05. The van der Waals surface area contributed by atoms with Gasteiger partial charge in [0.25, 0.3) is 11.2 Å². The summed E-state index contributed by atoms with van der Waals surface area (Å²) in [6.45, 7) is 0.538. The molecule has 0 aliphatic carbocycles. The predicted molar refractivity (Wildman–Crippen MR) is 75.2 cm³/mol. The van der Waals surface area contributed by atoms with Crippen LogP contribution in [0.5, 0.6) is 0 Å². The molecule has 0 aliphatic heterocycles. The molecule has 2 rings (SSSR count). The van der Waals surface area contributed by atoms with Gasteiger partial charge in [-0.05, 0) is 40.0 Å². The molecule has 0 radical (unpaired) electrons. The number of aromatic nitrogens is 1. The summed E-state index contributed by atoms with van der Waals surface area (Å²) in [5, 5.41) is 10.5. The van der Waals surface area contributed by atoms with Crippen molar-refractivity contribution in [3.8, 4) is 0 Å². The van der Waals surface area contributed by atoms with Gasteiger partial charge in [-0.3, -0.25) is 14.9 Å². The minimum atomic E-state index is -0.428. The summed E-state index contributed by atoms with van der Waals surface area (Å²) in [6.07, 6.45) is 2.37. The molecule has 0 amide bonds. The lowest BCUT2D eigenvalue weighted by Crippen LogP contribution is -2.20. The fourth-order valence-electron chi connectivity index (χ4n) is 1.72. The summed E-state index contributed by atoms with van der Waals surface area (Å²) in [4.78, 5) is 21.9. The largest absolute Gasteiger partial charge is 0.314 e. The van der Waals surface area contributed by atoms with Crippen LogP contribution in [0.15, 0.2) is 51.9 Å². The molecule has 19 heavy (non-hydrogen) atoms. The Kier molecular flexibility index (Phi) is 4.11. The van der Waals surface area contributed by atoms with Crippen molar-refractivity contribution in [1.82, 2.24) is 4.57 Å². The van der Waals surface area contributed by atoms with E-state index in [2.05, 4.69) is 15.9 Å². The molecule has 98 valence electrons. The number of nitro benzene ring substituents is 1. The van der Waals surface area contributed by atoms with E-state index in [9.17, 15) is 14.9 Å². The quantitative estimate of drug-likeness (QED) is 0.642. The molecule has 0 fully saturated rings. The van der Waals surface area contributed by atoms with Gasteiger partial charge in [0.15, 0.2) is 0 Å².